The largest absolute Gasteiger partial charge is 0.504 e. The summed E-state index contributed by atoms with van der Waals surface area (Å²) >= 11 is 0. The molecule has 5 rings (SSSR count). The van der Waals surface area contributed by atoms with Crippen LogP contribution in [0.1, 0.15) is 50.2 Å². The van der Waals surface area contributed by atoms with Crippen molar-refractivity contribution in [1.82, 2.24) is 0 Å². The maximum atomic E-state index is 13.3. The van der Waals surface area contributed by atoms with Crippen molar-refractivity contribution in [2.45, 2.75) is 112 Å². The van der Waals surface area contributed by atoms with Gasteiger partial charge in [0, 0.05) is 18.9 Å². The molecule has 2 saturated heterocycles. The van der Waals surface area contributed by atoms with E-state index in [1.165, 1.54) is 49.4 Å². The average molecular weight is 779 g/mol. The maximum Gasteiger partial charge on any atom is 0.331 e. The number of ether oxygens (including phenoxy) is 6. The fraction of sp³-hybridized carbons (Fsp3) is 0.541. The molecular formula is C37H46O18. The lowest BCUT2D eigenvalue weighted by atomic mass is 9.82. The highest BCUT2D eigenvalue weighted by molar-refractivity contribution is 5.87. The molecule has 3 aliphatic rings. The number of aromatic hydroxyl groups is 4. The van der Waals surface area contributed by atoms with Gasteiger partial charge in [-0.3, -0.25) is 9.59 Å². The van der Waals surface area contributed by atoms with Crippen molar-refractivity contribution in [3.8, 4) is 23.0 Å². The number of phenols is 4. The second kappa shape index (κ2) is 18.1. The maximum absolute atomic E-state index is 13.3. The van der Waals surface area contributed by atoms with Crippen LogP contribution in [0.3, 0.4) is 0 Å². The third-order valence-electron chi connectivity index (χ3n) is 9.71. The zero-order valence-corrected chi connectivity index (χ0v) is 29.7. The van der Waals surface area contributed by atoms with Gasteiger partial charge >= 0.3 is 11.9 Å². The Labute approximate surface area is 314 Å². The molecule has 2 aromatic rings. The average Bonchev–Trinajstić information content (AvgIpc) is 3.14. The normalized spacial score (nSPS) is 30.9. The van der Waals surface area contributed by atoms with E-state index in [-0.39, 0.29) is 61.6 Å². The summed E-state index contributed by atoms with van der Waals surface area (Å²) in [4.78, 5) is 38.0. The quantitative estimate of drug-likeness (QED) is 0.0723. The molecule has 55 heavy (non-hydrogen) atoms. The molecule has 18 heteroatoms. The van der Waals surface area contributed by atoms with Crippen LogP contribution in [-0.2, 0) is 49.2 Å². The first-order valence-corrected chi connectivity index (χ1v) is 17.6. The van der Waals surface area contributed by atoms with Crippen LogP contribution < -0.4 is 0 Å². The predicted molar refractivity (Wildman–Crippen MR) is 184 cm³/mol. The van der Waals surface area contributed by atoms with Gasteiger partial charge in [-0.1, -0.05) is 12.1 Å². The molecule has 1 saturated carbocycles. The van der Waals surface area contributed by atoms with Gasteiger partial charge in [0.05, 0.1) is 24.7 Å². The van der Waals surface area contributed by atoms with Crippen LogP contribution in [0, 0.1) is 0 Å². The summed E-state index contributed by atoms with van der Waals surface area (Å²) in [5.74, 6) is -3.56. The predicted octanol–water partition coefficient (Wildman–Crippen LogP) is -0.201. The molecule has 0 amide bonds. The Morgan fingerprint density at radius 2 is 1.51 bits per heavy atom. The van der Waals surface area contributed by atoms with E-state index in [2.05, 4.69) is 0 Å². The molecule has 0 radical (unpaired) electrons. The van der Waals surface area contributed by atoms with E-state index in [4.69, 9.17) is 28.4 Å². The van der Waals surface area contributed by atoms with Crippen LogP contribution in [-0.4, -0.2) is 144 Å². The Kier molecular flexibility index (Phi) is 13.7. The highest BCUT2D eigenvalue weighted by atomic mass is 16.7. The van der Waals surface area contributed by atoms with E-state index < -0.39 is 103 Å². The molecular weight excluding hydrogens is 732 g/mol. The van der Waals surface area contributed by atoms with E-state index in [1.807, 2.05) is 0 Å². The lowest BCUT2D eigenvalue weighted by Crippen LogP contribution is -2.65. The molecule has 0 unspecified atom stereocenters. The first-order chi connectivity index (χ1) is 26.0. The summed E-state index contributed by atoms with van der Waals surface area (Å²) in [6, 6.07) is 7.83. The number of carbonyl (C=O) groups excluding carboxylic acids is 3. The molecule has 10 atom stereocenters. The van der Waals surface area contributed by atoms with Crippen molar-refractivity contribution in [2.24, 2.45) is 0 Å². The molecule has 2 heterocycles. The summed E-state index contributed by atoms with van der Waals surface area (Å²) < 4.78 is 34.5. The van der Waals surface area contributed by atoms with Gasteiger partial charge in [-0.15, -0.1) is 0 Å². The third-order valence-corrected chi connectivity index (χ3v) is 9.71. The number of Topliss-reactive ketones (excluding diaryl/α,β-unsaturated/α-hetero) is 1. The van der Waals surface area contributed by atoms with E-state index in [0.717, 1.165) is 6.08 Å². The number of ketones is 1. The van der Waals surface area contributed by atoms with Crippen LogP contribution in [0.25, 0.3) is 6.08 Å². The second-order valence-corrected chi connectivity index (χ2v) is 13.9. The number of hydrogen-bond acceptors (Lipinski definition) is 18. The molecule has 3 fully saturated rings. The monoisotopic (exact) mass is 778 g/mol. The molecule has 0 aromatic heterocycles. The Balaban J connectivity index is 1.40. The lowest BCUT2D eigenvalue weighted by molar-refractivity contribution is -0.357. The number of aliphatic hydroxyl groups is 5. The SMILES string of the molecule is C[C@@H]1O[C@@H](O[C@@H]2[C@@H](O)[C@H](OCCc3ccc(O)c(O)c3)O[C@H](COC(=O)CC3(O)CCC(=O)CC3)[C@H]2OC(=O)/C=C/c2ccc(O)c(O)c2)[C@H](O)[C@H](O)[C@H]1O. The zero-order valence-electron chi connectivity index (χ0n) is 29.7. The molecule has 1 aliphatic carbocycles. The van der Waals surface area contributed by atoms with Gasteiger partial charge in [0.15, 0.2) is 41.7 Å². The van der Waals surface area contributed by atoms with Crippen LogP contribution in [0.15, 0.2) is 42.5 Å². The van der Waals surface area contributed by atoms with Crippen molar-refractivity contribution in [3.05, 3.63) is 53.6 Å². The first-order valence-electron chi connectivity index (χ1n) is 17.6. The number of benzene rings is 2. The zero-order chi connectivity index (χ0) is 40.0. The van der Waals surface area contributed by atoms with Gasteiger partial charge < -0.3 is 74.4 Å². The van der Waals surface area contributed by atoms with E-state index >= 15 is 0 Å². The molecule has 18 nitrogen and oxygen atoms in total. The number of phenolic OH excluding ortho intramolecular Hbond substituents is 4. The Morgan fingerprint density at radius 1 is 0.836 bits per heavy atom. The smallest absolute Gasteiger partial charge is 0.331 e. The highest BCUT2D eigenvalue weighted by Crippen LogP contribution is 2.34. The van der Waals surface area contributed by atoms with Gasteiger partial charge in [-0.2, -0.15) is 0 Å². The fourth-order valence-corrected chi connectivity index (χ4v) is 6.41. The molecule has 0 spiro atoms. The van der Waals surface area contributed by atoms with E-state index in [1.54, 1.807) is 0 Å². The topological polar surface area (TPSA) is 289 Å². The van der Waals surface area contributed by atoms with Crippen molar-refractivity contribution in [3.63, 3.8) is 0 Å². The minimum Gasteiger partial charge on any atom is -0.504 e. The van der Waals surface area contributed by atoms with Crippen LogP contribution in [0.5, 0.6) is 23.0 Å². The Morgan fingerprint density at radius 3 is 2.18 bits per heavy atom. The molecule has 9 N–H and O–H groups in total. The molecule has 302 valence electrons. The number of hydrogen-bond donors (Lipinski definition) is 9. The minimum absolute atomic E-state index is 0.0455. The molecule has 0 bridgehead atoms. The number of carbonyl (C=O) groups is 3. The van der Waals surface area contributed by atoms with Gasteiger partial charge in [0.2, 0.25) is 0 Å². The van der Waals surface area contributed by atoms with Gasteiger partial charge in [-0.25, -0.2) is 4.79 Å². The number of esters is 2. The number of rotatable bonds is 13. The summed E-state index contributed by atoms with van der Waals surface area (Å²) in [6.07, 6.45) is -14.0. The van der Waals surface area contributed by atoms with Crippen molar-refractivity contribution >= 4 is 23.8 Å². The summed E-state index contributed by atoms with van der Waals surface area (Å²) in [5, 5.41) is 92.9. The summed E-state index contributed by atoms with van der Waals surface area (Å²) in [5.41, 5.74) is -0.685. The first kappa shape index (κ1) is 41.8. The van der Waals surface area contributed by atoms with Crippen LogP contribution in [0.2, 0.25) is 0 Å². The Bertz CT molecular complexity index is 1690. The van der Waals surface area contributed by atoms with E-state index in [9.17, 15) is 60.3 Å². The van der Waals surface area contributed by atoms with Crippen LogP contribution in [0.4, 0.5) is 0 Å². The van der Waals surface area contributed by atoms with Crippen LogP contribution >= 0.6 is 0 Å². The Hall–Kier alpha value is -4.37. The highest BCUT2D eigenvalue weighted by Gasteiger charge is 2.53. The van der Waals surface area contributed by atoms with Gasteiger partial charge in [0.25, 0.3) is 0 Å². The summed E-state index contributed by atoms with van der Waals surface area (Å²) in [6.45, 7) is 0.574. The standard InChI is InChI=1S/C37H46O18/c1-18-29(45)30(46)31(47)36(52-18)55-34-32(48)35(50-13-10-20-3-6-23(40)25(42)15-20)53-26(17-51-28(44)16-37(49)11-8-21(38)9-12-37)33(34)54-27(43)7-4-19-2-5-22(39)24(41)14-19/h2-7,14-15,18,26,29-36,39-42,45-49H,8-13,16-17H2,1H3/b7-4+/t18-,26+,29-,30+,31+,32+,33+,34+,35+,36-/m0/s1. The number of aliphatic hydroxyl groups excluding tert-OH is 4. The van der Waals surface area contributed by atoms with Crippen molar-refractivity contribution in [2.75, 3.05) is 13.2 Å². The van der Waals surface area contributed by atoms with E-state index in [0.29, 0.717) is 5.56 Å². The molecule has 2 aromatic carbocycles. The van der Waals surface area contributed by atoms with Gasteiger partial charge in [0.1, 0.15) is 49.0 Å². The minimum atomic E-state index is -1.86. The third kappa shape index (κ3) is 10.7. The van der Waals surface area contributed by atoms with Crippen molar-refractivity contribution < 1.29 is 88.8 Å². The second-order valence-electron chi connectivity index (χ2n) is 13.9. The van der Waals surface area contributed by atoms with Gasteiger partial charge in [-0.05, 0) is 67.7 Å². The lowest BCUT2D eigenvalue weighted by Gasteiger charge is -2.46. The fourth-order valence-electron chi connectivity index (χ4n) is 6.41. The molecule has 2 aliphatic heterocycles. The summed E-state index contributed by atoms with van der Waals surface area (Å²) in [7, 11) is 0. The van der Waals surface area contributed by atoms with Crippen molar-refractivity contribution in [1.29, 1.82) is 0 Å².